The molecule has 0 aliphatic heterocycles. The number of nitrogens with one attached hydrogen (secondary N) is 1. The lowest BCUT2D eigenvalue weighted by Crippen LogP contribution is -2.18. The molecule has 0 spiro atoms. The van der Waals surface area contributed by atoms with E-state index in [0.717, 1.165) is 12.1 Å². The van der Waals surface area contributed by atoms with Crippen LogP contribution < -0.4 is 10.1 Å². The Labute approximate surface area is 126 Å². The number of halogens is 4. The van der Waals surface area contributed by atoms with Crippen molar-refractivity contribution in [1.82, 2.24) is 4.98 Å². The molecule has 110 valence electrons. The molecule has 4 nitrogen and oxygen atoms in total. The first-order valence-electron chi connectivity index (χ1n) is 5.63. The smallest absolute Gasteiger partial charge is 0.406 e. The highest BCUT2D eigenvalue weighted by Crippen LogP contribution is 2.25. The van der Waals surface area contributed by atoms with Crippen molar-refractivity contribution in [2.45, 2.75) is 6.36 Å². The van der Waals surface area contributed by atoms with Crippen molar-refractivity contribution in [2.24, 2.45) is 0 Å². The standard InChI is InChI=1S/C13H8BrF3N2O2/c14-10-5-2-6-18-11(10)12(20)19-8-3-1-4-9(7-8)21-13(15,16)17/h1-7H,(H,19,20). The zero-order valence-electron chi connectivity index (χ0n) is 10.3. The number of carbonyl (C=O) groups excluding carboxylic acids is 1. The van der Waals surface area contributed by atoms with E-state index in [0.29, 0.717) is 4.47 Å². The van der Waals surface area contributed by atoms with Crippen LogP contribution in [0.1, 0.15) is 10.5 Å². The molecule has 0 radical (unpaired) electrons. The average molecular weight is 361 g/mol. The van der Waals surface area contributed by atoms with E-state index in [1.165, 1.54) is 18.3 Å². The van der Waals surface area contributed by atoms with Crippen LogP contribution in [0.4, 0.5) is 18.9 Å². The normalized spacial score (nSPS) is 11.0. The minimum atomic E-state index is -4.79. The first-order chi connectivity index (χ1) is 9.85. The number of hydrogen-bond donors (Lipinski definition) is 1. The molecule has 8 heteroatoms. The van der Waals surface area contributed by atoms with Gasteiger partial charge in [-0.2, -0.15) is 0 Å². The summed E-state index contributed by atoms with van der Waals surface area (Å²) in [6.07, 6.45) is -3.35. The summed E-state index contributed by atoms with van der Waals surface area (Å²) in [5.74, 6) is -0.966. The number of rotatable bonds is 3. The molecule has 0 atom stereocenters. The zero-order valence-corrected chi connectivity index (χ0v) is 11.9. The van der Waals surface area contributed by atoms with Crippen molar-refractivity contribution >= 4 is 27.5 Å². The molecule has 1 N–H and O–H groups in total. The second-order valence-electron chi connectivity index (χ2n) is 3.86. The Balaban J connectivity index is 2.15. The number of nitrogens with zero attached hydrogens (tertiary/aromatic N) is 1. The Morgan fingerprint density at radius 3 is 2.67 bits per heavy atom. The maximum atomic E-state index is 12.1. The van der Waals surface area contributed by atoms with Gasteiger partial charge in [-0.3, -0.25) is 4.79 Å². The van der Waals surface area contributed by atoms with Gasteiger partial charge in [-0.25, -0.2) is 4.98 Å². The van der Waals surface area contributed by atoms with Crippen LogP contribution >= 0.6 is 15.9 Å². The van der Waals surface area contributed by atoms with Crippen molar-refractivity contribution < 1.29 is 22.7 Å². The molecule has 2 aromatic rings. The largest absolute Gasteiger partial charge is 0.573 e. The number of amides is 1. The van der Waals surface area contributed by atoms with Gasteiger partial charge in [0.15, 0.2) is 0 Å². The molecule has 21 heavy (non-hydrogen) atoms. The number of aromatic nitrogens is 1. The zero-order chi connectivity index (χ0) is 15.5. The van der Waals surface area contributed by atoms with Gasteiger partial charge in [0.1, 0.15) is 11.4 Å². The number of ether oxygens (including phenoxy) is 1. The maximum absolute atomic E-state index is 12.1. The molecule has 2 rings (SSSR count). The van der Waals surface area contributed by atoms with E-state index in [1.807, 2.05) is 0 Å². The van der Waals surface area contributed by atoms with Gasteiger partial charge in [0.25, 0.3) is 5.91 Å². The van der Waals surface area contributed by atoms with Crippen molar-refractivity contribution in [3.05, 3.63) is 52.8 Å². The van der Waals surface area contributed by atoms with E-state index in [-0.39, 0.29) is 11.4 Å². The molecule has 0 saturated carbocycles. The Bertz CT molecular complexity index is 662. The summed E-state index contributed by atoms with van der Waals surface area (Å²) in [5.41, 5.74) is 0.291. The van der Waals surface area contributed by atoms with Crippen LogP contribution in [0.5, 0.6) is 5.75 Å². The third kappa shape index (κ3) is 4.45. The highest BCUT2D eigenvalue weighted by atomic mass is 79.9. The van der Waals surface area contributed by atoms with Crippen LogP contribution in [-0.2, 0) is 0 Å². The fourth-order valence-corrected chi connectivity index (χ4v) is 1.95. The van der Waals surface area contributed by atoms with Gasteiger partial charge in [0, 0.05) is 22.4 Å². The van der Waals surface area contributed by atoms with E-state index in [1.54, 1.807) is 12.1 Å². The maximum Gasteiger partial charge on any atom is 0.573 e. The molecule has 0 saturated heterocycles. The van der Waals surface area contributed by atoms with Crippen LogP contribution in [0.3, 0.4) is 0 Å². The van der Waals surface area contributed by atoms with Crippen LogP contribution in [0.15, 0.2) is 47.1 Å². The Morgan fingerprint density at radius 1 is 1.24 bits per heavy atom. The van der Waals surface area contributed by atoms with E-state index < -0.39 is 18.0 Å². The van der Waals surface area contributed by atoms with E-state index in [4.69, 9.17) is 0 Å². The summed E-state index contributed by atoms with van der Waals surface area (Å²) < 4.78 is 40.6. The molecular formula is C13H8BrF3N2O2. The van der Waals surface area contributed by atoms with Crippen LogP contribution in [0, 0.1) is 0 Å². The minimum Gasteiger partial charge on any atom is -0.406 e. The van der Waals surface area contributed by atoms with Crippen molar-refractivity contribution in [3.63, 3.8) is 0 Å². The molecule has 1 aromatic heterocycles. The summed E-state index contributed by atoms with van der Waals surface area (Å²) in [5, 5.41) is 2.45. The molecule has 0 bridgehead atoms. The number of benzene rings is 1. The van der Waals surface area contributed by atoms with Gasteiger partial charge in [-0.05, 0) is 40.2 Å². The minimum absolute atomic E-state index is 0.125. The second-order valence-corrected chi connectivity index (χ2v) is 4.72. The molecule has 0 fully saturated rings. The van der Waals surface area contributed by atoms with Gasteiger partial charge in [-0.1, -0.05) is 6.07 Å². The number of pyridine rings is 1. The van der Waals surface area contributed by atoms with Gasteiger partial charge in [0.05, 0.1) is 0 Å². The van der Waals surface area contributed by atoms with Crippen LogP contribution in [0.25, 0.3) is 0 Å². The summed E-state index contributed by atoms with van der Waals surface area (Å²) in [4.78, 5) is 15.9. The first-order valence-corrected chi connectivity index (χ1v) is 6.42. The Kier molecular flexibility index (Phi) is 4.46. The molecular weight excluding hydrogens is 353 g/mol. The molecule has 0 unspecified atom stereocenters. The van der Waals surface area contributed by atoms with Gasteiger partial charge in [0.2, 0.25) is 0 Å². The number of anilines is 1. The third-order valence-electron chi connectivity index (χ3n) is 2.30. The molecule has 0 aliphatic rings. The first kappa shape index (κ1) is 15.3. The van der Waals surface area contributed by atoms with Crippen LogP contribution in [0.2, 0.25) is 0 Å². The highest BCUT2D eigenvalue weighted by Gasteiger charge is 2.31. The quantitative estimate of drug-likeness (QED) is 0.899. The lowest BCUT2D eigenvalue weighted by molar-refractivity contribution is -0.274. The number of alkyl halides is 3. The monoisotopic (exact) mass is 360 g/mol. The SMILES string of the molecule is O=C(Nc1cccc(OC(F)(F)F)c1)c1ncccc1Br. The second kappa shape index (κ2) is 6.13. The Morgan fingerprint density at radius 2 is 2.00 bits per heavy atom. The predicted octanol–water partition coefficient (Wildman–Crippen LogP) is 4.00. The topological polar surface area (TPSA) is 51.2 Å². The van der Waals surface area contributed by atoms with Crippen molar-refractivity contribution in [3.8, 4) is 5.75 Å². The van der Waals surface area contributed by atoms with Crippen LogP contribution in [-0.4, -0.2) is 17.3 Å². The molecule has 1 aromatic carbocycles. The summed E-state index contributed by atoms with van der Waals surface area (Å²) in [6, 6.07) is 8.26. The average Bonchev–Trinajstić information content (AvgIpc) is 2.37. The predicted molar refractivity (Wildman–Crippen MR) is 73.0 cm³/mol. The fraction of sp³-hybridized carbons (Fsp3) is 0.0769. The molecule has 1 amide bonds. The summed E-state index contributed by atoms with van der Waals surface area (Å²) >= 11 is 3.17. The van der Waals surface area contributed by atoms with Crippen molar-refractivity contribution in [2.75, 3.05) is 5.32 Å². The van der Waals surface area contributed by atoms with Gasteiger partial charge >= 0.3 is 6.36 Å². The van der Waals surface area contributed by atoms with E-state index >= 15 is 0 Å². The Hall–Kier alpha value is -2.09. The van der Waals surface area contributed by atoms with E-state index in [2.05, 4.69) is 31.0 Å². The molecule has 1 heterocycles. The van der Waals surface area contributed by atoms with E-state index in [9.17, 15) is 18.0 Å². The highest BCUT2D eigenvalue weighted by molar-refractivity contribution is 9.10. The van der Waals surface area contributed by atoms with Crippen molar-refractivity contribution in [1.29, 1.82) is 0 Å². The number of carbonyl (C=O) groups is 1. The van der Waals surface area contributed by atoms with Gasteiger partial charge < -0.3 is 10.1 Å². The summed E-state index contributed by atoms with van der Waals surface area (Å²) in [6.45, 7) is 0. The molecule has 0 aliphatic carbocycles. The lowest BCUT2D eigenvalue weighted by atomic mass is 10.2. The lowest BCUT2D eigenvalue weighted by Gasteiger charge is -2.10. The third-order valence-corrected chi connectivity index (χ3v) is 2.94. The fourth-order valence-electron chi connectivity index (χ4n) is 1.51. The number of hydrogen-bond acceptors (Lipinski definition) is 3. The van der Waals surface area contributed by atoms with Gasteiger partial charge in [-0.15, -0.1) is 13.2 Å². The summed E-state index contributed by atoms with van der Waals surface area (Å²) in [7, 11) is 0.